The van der Waals surface area contributed by atoms with Crippen molar-refractivity contribution in [2.45, 2.75) is 25.6 Å². The van der Waals surface area contributed by atoms with Crippen molar-refractivity contribution in [1.82, 2.24) is 0 Å². The highest BCUT2D eigenvalue weighted by atomic mass is 79.9. The summed E-state index contributed by atoms with van der Waals surface area (Å²) in [5, 5.41) is 0. The van der Waals surface area contributed by atoms with E-state index >= 15 is 0 Å². The van der Waals surface area contributed by atoms with Crippen LogP contribution in [0.15, 0.2) is 28.7 Å². The maximum Gasteiger partial charge on any atom is 0.0740 e. The molecule has 1 aromatic carbocycles. The molecule has 0 fully saturated rings. The standard InChI is InChI=1S/C14H14Br2S/c1-8-7-11(4-5-12(8)15)13(16)14-9(2)6-10(3)17-14/h4-7,13H,1-3H3. The van der Waals surface area contributed by atoms with E-state index in [2.05, 4.69) is 76.9 Å². The van der Waals surface area contributed by atoms with Gasteiger partial charge in [0.1, 0.15) is 0 Å². The normalized spacial score (nSPS) is 12.8. The largest absolute Gasteiger partial charge is 0.144 e. The van der Waals surface area contributed by atoms with Gasteiger partial charge in [0.15, 0.2) is 0 Å². The molecule has 0 spiro atoms. The van der Waals surface area contributed by atoms with Gasteiger partial charge < -0.3 is 0 Å². The monoisotopic (exact) mass is 372 g/mol. The van der Waals surface area contributed by atoms with Crippen LogP contribution in [0.25, 0.3) is 0 Å². The molecular weight excluding hydrogens is 360 g/mol. The van der Waals surface area contributed by atoms with E-state index in [4.69, 9.17) is 0 Å². The van der Waals surface area contributed by atoms with Crippen molar-refractivity contribution in [3.05, 3.63) is 55.2 Å². The third-order valence-electron chi connectivity index (χ3n) is 2.78. The fourth-order valence-corrected chi connectivity index (χ4v) is 4.10. The number of hydrogen-bond acceptors (Lipinski definition) is 1. The second-order valence-electron chi connectivity index (χ2n) is 4.28. The summed E-state index contributed by atoms with van der Waals surface area (Å²) in [4.78, 5) is 3.08. The molecule has 0 radical (unpaired) electrons. The zero-order chi connectivity index (χ0) is 12.6. The Bertz CT molecular complexity index is 543. The van der Waals surface area contributed by atoms with Gasteiger partial charge in [-0.3, -0.25) is 0 Å². The highest BCUT2D eigenvalue weighted by molar-refractivity contribution is 9.10. The van der Waals surface area contributed by atoms with E-state index in [9.17, 15) is 0 Å². The van der Waals surface area contributed by atoms with Crippen LogP contribution in [0.3, 0.4) is 0 Å². The van der Waals surface area contributed by atoms with Gasteiger partial charge in [-0.1, -0.05) is 44.0 Å². The molecule has 0 nitrogen and oxygen atoms in total. The quantitative estimate of drug-likeness (QED) is 0.573. The van der Waals surface area contributed by atoms with Crippen molar-refractivity contribution in [1.29, 1.82) is 0 Å². The Morgan fingerprint density at radius 3 is 2.29 bits per heavy atom. The molecule has 1 atom stereocenters. The number of alkyl halides is 1. The van der Waals surface area contributed by atoms with Crippen molar-refractivity contribution in [3.63, 3.8) is 0 Å². The predicted octanol–water partition coefficient (Wildman–Crippen LogP) is 5.92. The second kappa shape index (κ2) is 5.25. The molecule has 90 valence electrons. The van der Waals surface area contributed by atoms with E-state index in [0.717, 1.165) is 0 Å². The zero-order valence-corrected chi connectivity index (χ0v) is 14.0. The van der Waals surface area contributed by atoms with Crippen molar-refractivity contribution < 1.29 is 0 Å². The molecule has 1 heterocycles. The number of halogens is 2. The van der Waals surface area contributed by atoms with Crippen LogP contribution in [0.4, 0.5) is 0 Å². The summed E-state index contributed by atoms with van der Waals surface area (Å²) in [5.41, 5.74) is 3.96. The lowest BCUT2D eigenvalue weighted by Crippen LogP contribution is -1.92. The van der Waals surface area contributed by atoms with Crippen LogP contribution in [0.5, 0.6) is 0 Å². The molecule has 0 saturated heterocycles. The summed E-state index contributed by atoms with van der Waals surface area (Å²) >= 11 is 9.22. The molecule has 1 unspecified atom stereocenters. The summed E-state index contributed by atoms with van der Waals surface area (Å²) in [6, 6.07) is 8.78. The minimum absolute atomic E-state index is 0.299. The third kappa shape index (κ3) is 2.83. The summed E-state index contributed by atoms with van der Waals surface area (Å²) in [7, 11) is 0. The van der Waals surface area contributed by atoms with Gasteiger partial charge >= 0.3 is 0 Å². The van der Waals surface area contributed by atoms with Gasteiger partial charge in [-0.2, -0.15) is 0 Å². The van der Waals surface area contributed by atoms with Crippen LogP contribution in [0.1, 0.15) is 31.3 Å². The zero-order valence-electron chi connectivity index (χ0n) is 10.1. The Morgan fingerprint density at radius 1 is 1.06 bits per heavy atom. The summed E-state index contributed by atoms with van der Waals surface area (Å²) < 4.78 is 1.17. The van der Waals surface area contributed by atoms with E-state index in [1.807, 2.05) is 11.3 Å². The lowest BCUT2D eigenvalue weighted by molar-refractivity contribution is 1.18. The van der Waals surface area contributed by atoms with E-state index < -0.39 is 0 Å². The van der Waals surface area contributed by atoms with Gasteiger partial charge in [-0.05, 0) is 49.6 Å². The van der Waals surface area contributed by atoms with E-state index in [1.54, 1.807) is 0 Å². The van der Waals surface area contributed by atoms with Gasteiger partial charge in [0.25, 0.3) is 0 Å². The maximum atomic E-state index is 3.81. The molecule has 0 bridgehead atoms. The molecule has 2 aromatic rings. The molecule has 0 N–H and O–H groups in total. The van der Waals surface area contributed by atoms with Crippen molar-refractivity contribution in [2.24, 2.45) is 0 Å². The van der Waals surface area contributed by atoms with Gasteiger partial charge in [0, 0.05) is 14.2 Å². The Hall–Kier alpha value is -0.120. The molecule has 0 aliphatic rings. The first-order chi connectivity index (χ1) is 7.99. The molecule has 1 aromatic heterocycles. The predicted molar refractivity (Wildman–Crippen MR) is 83.4 cm³/mol. The highest BCUT2D eigenvalue weighted by Gasteiger charge is 2.15. The Morgan fingerprint density at radius 2 is 1.76 bits per heavy atom. The molecule has 0 aliphatic carbocycles. The van der Waals surface area contributed by atoms with Gasteiger partial charge in [-0.25, -0.2) is 0 Å². The number of thiophene rings is 1. The molecule has 0 amide bonds. The molecular formula is C14H14Br2S. The van der Waals surface area contributed by atoms with E-state index in [0.29, 0.717) is 4.83 Å². The fourth-order valence-electron chi connectivity index (χ4n) is 1.89. The minimum atomic E-state index is 0.299. The van der Waals surface area contributed by atoms with E-state index in [-0.39, 0.29) is 0 Å². The first kappa shape index (κ1) is 13.3. The highest BCUT2D eigenvalue weighted by Crippen LogP contribution is 2.38. The lowest BCUT2D eigenvalue weighted by Gasteiger charge is -2.11. The molecule has 0 aliphatic heterocycles. The Labute approximate surface area is 123 Å². The van der Waals surface area contributed by atoms with Crippen LogP contribution in [0.2, 0.25) is 0 Å². The average Bonchev–Trinajstić information content (AvgIpc) is 2.61. The fraction of sp³-hybridized carbons (Fsp3) is 0.286. The van der Waals surface area contributed by atoms with Crippen LogP contribution in [0, 0.1) is 20.8 Å². The summed E-state index contributed by atoms with van der Waals surface area (Å²) in [6.45, 7) is 6.46. The minimum Gasteiger partial charge on any atom is -0.144 e. The SMILES string of the molecule is Cc1cc(C)c(C(Br)c2ccc(Br)c(C)c2)s1. The lowest BCUT2D eigenvalue weighted by atomic mass is 10.1. The van der Waals surface area contributed by atoms with Crippen LogP contribution < -0.4 is 0 Å². The van der Waals surface area contributed by atoms with Crippen LogP contribution in [-0.2, 0) is 0 Å². The number of benzene rings is 1. The number of aryl methyl sites for hydroxylation is 3. The number of hydrogen-bond donors (Lipinski definition) is 0. The van der Waals surface area contributed by atoms with Gasteiger partial charge in [0.05, 0.1) is 4.83 Å². The van der Waals surface area contributed by atoms with Gasteiger partial charge in [0.2, 0.25) is 0 Å². The summed E-state index contributed by atoms with van der Waals surface area (Å²) in [5.74, 6) is 0. The molecule has 2 rings (SSSR count). The Kier molecular flexibility index (Phi) is 4.11. The topological polar surface area (TPSA) is 0 Å². The average molecular weight is 374 g/mol. The first-order valence-electron chi connectivity index (χ1n) is 5.46. The molecule has 0 saturated carbocycles. The van der Waals surface area contributed by atoms with Crippen LogP contribution >= 0.6 is 43.2 Å². The van der Waals surface area contributed by atoms with Crippen LogP contribution in [-0.4, -0.2) is 0 Å². The molecule has 17 heavy (non-hydrogen) atoms. The molecule has 3 heteroatoms. The number of rotatable bonds is 2. The summed E-state index contributed by atoms with van der Waals surface area (Å²) in [6.07, 6.45) is 0. The maximum absolute atomic E-state index is 3.81. The second-order valence-corrected chi connectivity index (χ2v) is 7.33. The third-order valence-corrected chi connectivity index (χ3v) is 6.18. The van der Waals surface area contributed by atoms with Crippen molar-refractivity contribution in [3.8, 4) is 0 Å². The Balaban J connectivity index is 2.40. The van der Waals surface area contributed by atoms with E-state index in [1.165, 1.54) is 30.9 Å². The van der Waals surface area contributed by atoms with Crippen molar-refractivity contribution >= 4 is 43.2 Å². The first-order valence-corrected chi connectivity index (χ1v) is 7.98. The van der Waals surface area contributed by atoms with Gasteiger partial charge in [-0.15, -0.1) is 11.3 Å². The van der Waals surface area contributed by atoms with Crippen molar-refractivity contribution in [2.75, 3.05) is 0 Å². The smallest absolute Gasteiger partial charge is 0.0740 e.